The maximum Gasteiger partial charge on any atom is 0.258 e. The van der Waals surface area contributed by atoms with Gasteiger partial charge in [0.25, 0.3) is 5.89 Å². The monoisotopic (exact) mass is 310 g/mol. The quantitative estimate of drug-likeness (QED) is 0.810. The third-order valence-electron chi connectivity index (χ3n) is 4.90. The van der Waals surface area contributed by atoms with Gasteiger partial charge in [-0.15, -0.1) is 0 Å². The molecule has 4 rings (SSSR count). The number of hydrogen-bond acceptors (Lipinski definition) is 5. The van der Waals surface area contributed by atoms with Gasteiger partial charge in [0, 0.05) is 30.8 Å². The lowest BCUT2D eigenvalue weighted by Crippen LogP contribution is -2.20. The summed E-state index contributed by atoms with van der Waals surface area (Å²) in [5, 5.41) is 4.05. The van der Waals surface area contributed by atoms with Crippen LogP contribution in [-0.2, 0) is 0 Å². The van der Waals surface area contributed by atoms with E-state index in [4.69, 9.17) is 4.52 Å². The van der Waals surface area contributed by atoms with Crippen LogP contribution in [-0.4, -0.2) is 28.2 Å². The molecular weight excluding hydrogens is 288 g/mol. The summed E-state index contributed by atoms with van der Waals surface area (Å²) in [5.41, 5.74) is 0.947. The number of rotatable bonds is 3. The topological polar surface area (TPSA) is 55.1 Å². The molecule has 23 heavy (non-hydrogen) atoms. The number of hydrogen-bond donors (Lipinski definition) is 0. The number of allylic oxidation sites excluding steroid dienone is 2. The highest BCUT2D eigenvalue weighted by Gasteiger charge is 2.33. The van der Waals surface area contributed by atoms with Crippen LogP contribution in [0.4, 0.5) is 5.82 Å². The minimum atomic E-state index is 0.267. The molecule has 0 amide bonds. The van der Waals surface area contributed by atoms with Crippen molar-refractivity contribution >= 4 is 5.82 Å². The summed E-state index contributed by atoms with van der Waals surface area (Å²) in [6.07, 6.45) is 8.87. The Balaban J connectivity index is 1.57. The van der Waals surface area contributed by atoms with E-state index in [1.54, 1.807) is 0 Å². The molecule has 1 aliphatic carbocycles. The Morgan fingerprint density at radius 3 is 2.57 bits per heavy atom. The summed E-state index contributed by atoms with van der Waals surface area (Å²) in [6, 6.07) is 4.01. The largest absolute Gasteiger partial charge is 0.356 e. The van der Waals surface area contributed by atoms with Crippen LogP contribution in [0.15, 0.2) is 35.0 Å². The molecule has 5 heteroatoms. The standard InChI is InChI=1S/C18H22N4O/c1-12(2)17-20-18(23-21-17)13-7-8-19-16(9-13)22-10-14-5-3-4-6-15(14)11-22/h3-4,7-9,12,14-15H,5-6,10-11H2,1-2H3. The van der Waals surface area contributed by atoms with E-state index in [0.29, 0.717) is 5.89 Å². The lowest BCUT2D eigenvalue weighted by molar-refractivity contribution is 0.411. The van der Waals surface area contributed by atoms with Crippen molar-refractivity contribution in [1.29, 1.82) is 0 Å². The molecule has 1 saturated heterocycles. The van der Waals surface area contributed by atoms with Crippen molar-refractivity contribution in [3.05, 3.63) is 36.3 Å². The minimum Gasteiger partial charge on any atom is -0.356 e. The SMILES string of the molecule is CC(C)c1noc(-c2ccnc(N3CC4CC=CCC4C3)c2)n1. The van der Waals surface area contributed by atoms with Crippen LogP contribution in [0.25, 0.3) is 11.5 Å². The Hall–Kier alpha value is -2.17. The molecule has 5 nitrogen and oxygen atoms in total. The van der Waals surface area contributed by atoms with Crippen LogP contribution < -0.4 is 4.90 Å². The molecule has 0 radical (unpaired) electrons. The fourth-order valence-electron chi connectivity index (χ4n) is 3.51. The van der Waals surface area contributed by atoms with Gasteiger partial charge in [-0.1, -0.05) is 31.2 Å². The second-order valence-electron chi connectivity index (χ2n) is 6.88. The molecule has 1 fully saturated rings. The van der Waals surface area contributed by atoms with E-state index in [1.807, 2.05) is 12.3 Å². The fraction of sp³-hybridized carbons (Fsp3) is 0.500. The van der Waals surface area contributed by atoms with Gasteiger partial charge in [0.1, 0.15) is 5.82 Å². The first kappa shape index (κ1) is 14.4. The zero-order chi connectivity index (χ0) is 15.8. The maximum absolute atomic E-state index is 5.41. The van der Waals surface area contributed by atoms with E-state index in [1.165, 1.54) is 12.8 Å². The third kappa shape index (κ3) is 2.76. The predicted molar refractivity (Wildman–Crippen MR) is 89.2 cm³/mol. The Labute approximate surface area is 136 Å². The zero-order valence-electron chi connectivity index (χ0n) is 13.6. The molecule has 2 atom stereocenters. The van der Waals surface area contributed by atoms with Crippen molar-refractivity contribution in [2.45, 2.75) is 32.6 Å². The summed E-state index contributed by atoms with van der Waals surface area (Å²) < 4.78 is 5.41. The summed E-state index contributed by atoms with van der Waals surface area (Å²) in [7, 11) is 0. The third-order valence-corrected chi connectivity index (χ3v) is 4.90. The number of nitrogens with zero attached hydrogens (tertiary/aromatic N) is 4. The van der Waals surface area contributed by atoms with Crippen LogP contribution >= 0.6 is 0 Å². The normalized spacial score (nSPS) is 23.5. The first-order chi connectivity index (χ1) is 11.2. The van der Waals surface area contributed by atoms with Crippen LogP contribution in [0.5, 0.6) is 0 Å². The van der Waals surface area contributed by atoms with Crippen molar-refractivity contribution in [3.63, 3.8) is 0 Å². The Bertz CT molecular complexity index is 705. The highest BCUT2D eigenvalue weighted by molar-refractivity contribution is 5.59. The zero-order valence-corrected chi connectivity index (χ0v) is 13.6. The summed E-state index contributed by atoms with van der Waals surface area (Å²) in [4.78, 5) is 11.4. The van der Waals surface area contributed by atoms with Gasteiger partial charge in [0.15, 0.2) is 5.82 Å². The maximum atomic E-state index is 5.41. The van der Waals surface area contributed by atoms with Crippen molar-refractivity contribution in [2.75, 3.05) is 18.0 Å². The second-order valence-corrected chi connectivity index (χ2v) is 6.88. The number of fused-ring (bicyclic) bond motifs is 1. The van der Waals surface area contributed by atoms with E-state index in [2.05, 4.69) is 52.1 Å². The lowest BCUT2D eigenvalue weighted by atomic mass is 9.86. The molecule has 0 saturated carbocycles. The van der Waals surface area contributed by atoms with Gasteiger partial charge in [-0.05, 0) is 36.8 Å². The van der Waals surface area contributed by atoms with E-state index < -0.39 is 0 Å². The smallest absolute Gasteiger partial charge is 0.258 e. The molecule has 120 valence electrons. The van der Waals surface area contributed by atoms with Crippen molar-refractivity contribution in [3.8, 4) is 11.5 Å². The highest BCUT2D eigenvalue weighted by Crippen LogP contribution is 2.35. The minimum absolute atomic E-state index is 0.267. The molecule has 2 unspecified atom stereocenters. The molecule has 0 aromatic carbocycles. The number of pyridine rings is 1. The average Bonchev–Trinajstić information content (AvgIpc) is 3.22. The Kier molecular flexibility index (Phi) is 3.63. The Morgan fingerprint density at radius 1 is 1.17 bits per heavy atom. The predicted octanol–water partition coefficient (Wildman–Crippen LogP) is 3.66. The molecule has 2 aromatic rings. The second kappa shape index (κ2) is 5.80. The summed E-state index contributed by atoms with van der Waals surface area (Å²) >= 11 is 0. The molecular formula is C18H22N4O. The van der Waals surface area contributed by atoms with Crippen LogP contribution in [0, 0.1) is 11.8 Å². The lowest BCUT2D eigenvalue weighted by Gasteiger charge is -2.17. The molecule has 1 aliphatic heterocycles. The number of aromatic nitrogens is 3. The average molecular weight is 310 g/mol. The van der Waals surface area contributed by atoms with Gasteiger partial charge < -0.3 is 9.42 Å². The fourth-order valence-corrected chi connectivity index (χ4v) is 3.51. The summed E-state index contributed by atoms with van der Waals surface area (Å²) in [6.45, 7) is 6.30. The van der Waals surface area contributed by atoms with Gasteiger partial charge in [-0.2, -0.15) is 4.98 Å². The van der Waals surface area contributed by atoms with E-state index >= 15 is 0 Å². The molecule has 0 spiro atoms. The van der Waals surface area contributed by atoms with Crippen molar-refractivity contribution < 1.29 is 4.52 Å². The first-order valence-electron chi connectivity index (χ1n) is 8.40. The van der Waals surface area contributed by atoms with E-state index in [-0.39, 0.29) is 5.92 Å². The van der Waals surface area contributed by atoms with Gasteiger partial charge in [-0.3, -0.25) is 0 Å². The number of anilines is 1. The van der Waals surface area contributed by atoms with Gasteiger partial charge >= 0.3 is 0 Å². The Morgan fingerprint density at radius 2 is 1.91 bits per heavy atom. The van der Waals surface area contributed by atoms with E-state index in [9.17, 15) is 0 Å². The van der Waals surface area contributed by atoms with Gasteiger partial charge in [0.2, 0.25) is 0 Å². The van der Waals surface area contributed by atoms with Crippen LogP contribution in [0.3, 0.4) is 0 Å². The molecule has 0 bridgehead atoms. The first-order valence-corrected chi connectivity index (χ1v) is 8.40. The molecule has 2 aliphatic rings. The summed E-state index contributed by atoms with van der Waals surface area (Å²) in [5.74, 6) is 4.14. The molecule has 2 aromatic heterocycles. The van der Waals surface area contributed by atoms with Gasteiger partial charge in [0.05, 0.1) is 0 Å². The van der Waals surface area contributed by atoms with Crippen LogP contribution in [0.2, 0.25) is 0 Å². The van der Waals surface area contributed by atoms with Gasteiger partial charge in [-0.25, -0.2) is 4.98 Å². The van der Waals surface area contributed by atoms with Crippen molar-refractivity contribution in [2.24, 2.45) is 11.8 Å². The van der Waals surface area contributed by atoms with Crippen LogP contribution in [0.1, 0.15) is 38.4 Å². The van der Waals surface area contributed by atoms with E-state index in [0.717, 1.165) is 42.1 Å². The van der Waals surface area contributed by atoms with Crippen molar-refractivity contribution in [1.82, 2.24) is 15.1 Å². The highest BCUT2D eigenvalue weighted by atomic mass is 16.5. The molecule has 3 heterocycles. The molecule has 0 N–H and O–H groups in total.